The molecule has 2 N–H and O–H groups in total. The maximum absolute atomic E-state index is 13.8. The summed E-state index contributed by atoms with van der Waals surface area (Å²) in [5, 5.41) is 13.0. The van der Waals surface area contributed by atoms with Crippen molar-refractivity contribution in [3.63, 3.8) is 0 Å². The number of amides is 1. The minimum absolute atomic E-state index is 0.300. The third-order valence-corrected chi connectivity index (χ3v) is 3.97. The fraction of sp³-hybridized carbons (Fsp3) is 0.294. The second kappa shape index (κ2) is 5.83. The Bertz CT molecular complexity index is 775. The number of hydrogen-bond donors (Lipinski definition) is 2. The summed E-state index contributed by atoms with van der Waals surface area (Å²) in [5.41, 5.74) is -1.41. The third-order valence-electron chi connectivity index (χ3n) is 3.97. The van der Waals surface area contributed by atoms with Gasteiger partial charge in [-0.3, -0.25) is 9.78 Å². The summed E-state index contributed by atoms with van der Waals surface area (Å²) >= 11 is 0. The van der Waals surface area contributed by atoms with Crippen LogP contribution in [0.15, 0.2) is 36.5 Å². The lowest BCUT2D eigenvalue weighted by atomic mass is 9.89. The average Bonchev–Trinajstić information content (AvgIpc) is 2.51. The Hall–Kier alpha value is -2.54. The van der Waals surface area contributed by atoms with E-state index in [9.17, 15) is 18.7 Å². The number of ether oxygens (including phenoxy) is 1. The lowest BCUT2D eigenvalue weighted by molar-refractivity contribution is -0.0643. The third kappa shape index (κ3) is 2.71. The molecule has 1 aliphatic rings. The largest absolute Gasteiger partial charge is 0.483 e. The van der Waals surface area contributed by atoms with Crippen molar-refractivity contribution >= 4 is 5.91 Å². The van der Waals surface area contributed by atoms with Gasteiger partial charge in [-0.05, 0) is 38.1 Å². The molecule has 1 aliphatic heterocycles. The van der Waals surface area contributed by atoms with E-state index < -0.39 is 40.9 Å². The van der Waals surface area contributed by atoms with Gasteiger partial charge in [0.15, 0.2) is 0 Å². The SMILES string of the molecule is CC1(C)Oc2cccnc2[C@@H](NC(=O)c2c(F)cccc2F)[C@@H]1O. The molecule has 1 aromatic heterocycles. The van der Waals surface area contributed by atoms with Crippen LogP contribution in [-0.2, 0) is 0 Å². The first-order valence-electron chi connectivity index (χ1n) is 7.38. The van der Waals surface area contributed by atoms with Crippen LogP contribution in [-0.4, -0.2) is 27.7 Å². The molecule has 24 heavy (non-hydrogen) atoms. The van der Waals surface area contributed by atoms with Crippen molar-refractivity contribution in [2.45, 2.75) is 31.6 Å². The predicted octanol–water partition coefficient (Wildman–Crippen LogP) is 2.36. The zero-order chi connectivity index (χ0) is 17.5. The molecule has 1 amide bonds. The number of nitrogens with zero attached hydrogens (tertiary/aromatic N) is 1. The normalized spacial score (nSPS) is 21.5. The van der Waals surface area contributed by atoms with E-state index in [1.165, 1.54) is 12.3 Å². The highest BCUT2D eigenvalue weighted by atomic mass is 19.1. The van der Waals surface area contributed by atoms with Gasteiger partial charge in [-0.2, -0.15) is 0 Å². The number of pyridine rings is 1. The Morgan fingerprint density at radius 3 is 2.58 bits per heavy atom. The number of nitrogens with one attached hydrogen (secondary N) is 1. The van der Waals surface area contributed by atoms with Crippen molar-refractivity contribution in [1.82, 2.24) is 10.3 Å². The quantitative estimate of drug-likeness (QED) is 0.884. The number of rotatable bonds is 2. The van der Waals surface area contributed by atoms with E-state index >= 15 is 0 Å². The molecule has 2 aromatic rings. The first-order chi connectivity index (χ1) is 11.3. The zero-order valence-electron chi connectivity index (χ0n) is 13.1. The number of halogens is 2. The average molecular weight is 334 g/mol. The standard InChI is InChI=1S/C17H16F2N2O3/c1-17(2)15(22)14(13-11(24-17)7-4-8-20-13)21-16(23)12-9(18)5-3-6-10(12)19/h3-8,14-15,22H,1-2H3,(H,21,23)/t14-,15+/m1/s1. The maximum atomic E-state index is 13.8. The van der Waals surface area contributed by atoms with Gasteiger partial charge < -0.3 is 15.2 Å². The fourth-order valence-electron chi connectivity index (χ4n) is 2.69. The molecule has 5 nitrogen and oxygen atoms in total. The van der Waals surface area contributed by atoms with Crippen LogP contribution >= 0.6 is 0 Å². The Morgan fingerprint density at radius 1 is 1.25 bits per heavy atom. The van der Waals surface area contributed by atoms with Crippen molar-refractivity contribution in [3.05, 3.63) is 59.4 Å². The van der Waals surface area contributed by atoms with E-state index in [2.05, 4.69) is 10.3 Å². The minimum Gasteiger partial charge on any atom is -0.483 e. The number of carbonyl (C=O) groups excluding carboxylic acids is 1. The van der Waals surface area contributed by atoms with Gasteiger partial charge in [-0.15, -0.1) is 0 Å². The van der Waals surface area contributed by atoms with Gasteiger partial charge in [0.25, 0.3) is 5.91 Å². The van der Waals surface area contributed by atoms with Gasteiger partial charge >= 0.3 is 0 Å². The number of fused-ring (bicyclic) bond motifs is 1. The summed E-state index contributed by atoms with van der Waals surface area (Å²) in [6.45, 7) is 3.30. The van der Waals surface area contributed by atoms with Crippen LogP contribution in [0.1, 0.15) is 35.9 Å². The van der Waals surface area contributed by atoms with Gasteiger partial charge in [-0.25, -0.2) is 8.78 Å². The van der Waals surface area contributed by atoms with Gasteiger partial charge in [0.2, 0.25) is 0 Å². The lowest BCUT2D eigenvalue weighted by Crippen LogP contribution is -2.54. The molecule has 0 bridgehead atoms. The summed E-state index contributed by atoms with van der Waals surface area (Å²) in [5.74, 6) is -2.53. The molecular weight excluding hydrogens is 318 g/mol. The molecule has 0 saturated carbocycles. The summed E-state index contributed by atoms with van der Waals surface area (Å²) < 4.78 is 33.3. The topological polar surface area (TPSA) is 71.5 Å². The molecule has 2 atom stereocenters. The molecule has 0 spiro atoms. The van der Waals surface area contributed by atoms with E-state index in [-0.39, 0.29) is 0 Å². The van der Waals surface area contributed by atoms with Crippen molar-refractivity contribution in [3.8, 4) is 5.75 Å². The minimum atomic E-state index is -1.15. The van der Waals surface area contributed by atoms with Crippen LogP contribution in [0.3, 0.4) is 0 Å². The first kappa shape index (κ1) is 16.3. The molecule has 126 valence electrons. The van der Waals surface area contributed by atoms with Gasteiger partial charge in [0.1, 0.15) is 46.4 Å². The van der Waals surface area contributed by atoms with Crippen LogP contribution in [0.4, 0.5) is 8.78 Å². The molecule has 0 unspecified atom stereocenters. The maximum Gasteiger partial charge on any atom is 0.257 e. The molecule has 0 radical (unpaired) electrons. The van der Waals surface area contributed by atoms with Crippen molar-refractivity contribution < 1.29 is 23.4 Å². The lowest BCUT2D eigenvalue weighted by Gasteiger charge is -2.41. The molecule has 7 heteroatoms. The van der Waals surface area contributed by atoms with Crippen LogP contribution in [0.25, 0.3) is 0 Å². The second-order valence-electron chi connectivity index (χ2n) is 6.08. The van der Waals surface area contributed by atoms with Crippen molar-refractivity contribution in [2.75, 3.05) is 0 Å². The van der Waals surface area contributed by atoms with Crippen LogP contribution < -0.4 is 10.1 Å². The van der Waals surface area contributed by atoms with E-state index in [4.69, 9.17) is 4.74 Å². The molecule has 0 saturated heterocycles. The molecule has 2 heterocycles. The first-order valence-corrected chi connectivity index (χ1v) is 7.38. The van der Waals surface area contributed by atoms with Crippen LogP contribution in [0, 0.1) is 11.6 Å². The van der Waals surface area contributed by atoms with Crippen LogP contribution in [0.5, 0.6) is 5.75 Å². The molecule has 0 fully saturated rings. The monoisotopic (exact) mass is 334 g/mol. The number of aromatic nitrogens is 1. The predicted molar refractivity (Wildman–Crippen MR) is 81.5 cm³/mol. The zero-order valence-corrected chi connectivity index (χ0v) is 13.1. The Balaban J connectivity index is 1.98. The van der Waals surface area contributed by atoms with Crippen LogP contribution in [0.2, 0.25) is 0 Å². The number of aliphatic hydroxyl groups excluding tert-OH is 1. The fourth-order valence-corrected chi connectivity index (χ4v) is 2.69. The molecule has 3 rings (SSSR count). The summed E-state index contributed by atoms with van der Waals surface area (Å²) in [4.78, 5) is 16.5. The second-order valence-corrected chi connectivity index (χ2v) is 6.08. The Kier molecular flexibility index (Phi) is 3.96. The van der Waals surface area contributed by atoms with Crippen molar-refractivity contribution in [1.29, 1.82) is 0 Å². The van der Waals surface area contributed by atoms with Gasteiger partial charge in [0, 0.05) is 6.20 Å². The highest BCUT2D eigenvalue weighted by Crippen LogP contribution is 2.38. The van der Waals surface area contributed by atoms with Crippen molar-refractivity contribution in [2.24, 2.45) is 0 Å². The molecule has 0 aliphatic carbocycles. The summed E-state index contributed by atoms with van der Waals surface area (Å²) in [6, 6.07) is 5.51. The Labute approximate surface area is 137 Å². The highest BCUT2D eigenvalue weighted by molar-refractivity contribution is 5.95. The van der Waals surface area contributed by atoms with E-state index in [0.717, 1.165) is 12.1 Å². The van der Waals surface area contributed by atoms with Gasteiger partial charge in [0.05, 0.1) is 0 Å². The molecule has 1 aromatic carbocycles. The summed E-state index contributed by atoms with van der Waals surface area (Å²) in [6.07, 6.45) is 0.328. The Morgan fingerprint density at radius 2 is 1.92 bits per heavy atom. The number of hydrogen-bond acceptors (Lipinski definition) is 4. The van der Waals surface area contributed by atoms with E-state index in [0.29, 0.717) is 11.4 Å². The summed E-state index contributed by atoms with van der Waals surface area (Å²) in [7, 11) is 0. The smallest absolute Gasteiger partial charge is 0.257 e. The van der Waals surface area contributed by atoms with Gasteiger partial charge in [-0.1, -0.05) is 6.07 Å². The highest BCUT2D eigenvalue weighted by Gasteiger charge is 2.44. The number of carbonyl (C=O) groups is 1. The van der Waals surface area contributed by atoms with E-state index in [1.807, 2.05) is 0 Å². The van der Waals surface area contributed by atoms with E-state index in [1.54, 1.807) is 26.0 Å². The number of benzene rings is 1. The number of aliphatic hydroxyl groups is 1. The molecular formula is C17H16F2N2O3.